The van der Waals surface area contributed by atoms with Gasteiger partial charge in [0, 0.05) is 11.8 Å². The predicted octanol–water partition coefficient (Wildman–Crippen LogP) is 0.968. The standard InChI is InChI=1S/C9H15N3O/c1-7-4-8(11-6-10-7)12-9(2,3)5-13/h4,6,13H,5H2,1-3H3,(H,10,11,12). The molecule has 1 aromatic heterocycles. The minimum absolute atomic E-state index is 0.0655. The van der Waals surface area contributed by atoms with Crippen LogP contribution >= 0.6 is 0 Å². The summed E-state index contributed by atoms with van der Waals surface area (Å²) in [6, 6.07) is 1.84. The van der Waals surface area contributed by atoms with Crippen LogP contribution in [0.1, 0.15) is 19.5 Å². The molecule has 0 aliphatic heterocycles. The summed E-state index contributed by atoms with van der Waals surface area (Å²) in [7, 11) is 0. The number of nitrogens with zero attached hydrogens (tertiary/aromatic N) is 2. The van der Waals surface area contributed by atoms with Crippen LogP contribution in [0.25, 0.3) is 0 Å². The second-order valence-electron chi connectivity index (χ2n) is 3.71. The molecule has 13 heavy (non-hydrogen) atoms. The lowest BCUT2D eigenvalue weighted by atomic mass is 10.1. The van der Waals surface area contributed by atoms with E-state index < -0.39 is 0 Å². The first kappa shape index (κ1) is 9.92. The Bertz CT molecular complexity index is 286. The van der Waals surface area contributed by atoms with Crippen LogP contribution in [-0.2, 0) is 0 Å². The first-order valence-electron chi connectivity index (χ1n) is 4.21. The van der Waals surface area contributed by atoms with Crippen molar-refractivity contribution in [2.45, 2.75) is 26.3 Å². The second kappa shape index (κ2) is 3.70. The second-order valence-corrected chi connectivity index (χ2v) is 3.71. The van der Waals surface area contributed by atoms with Gasteiger partial charge in [-0.15, -0.1) is 0 Å². The SMILES string of the molecule is Cc1cc(NC(C)(C)CO)ncn1. The van der Waals surface area contributed by atoms with Gasteiger partial charge >= 0.3 is 0 Å². The Morgan fingerprint density at radius 2 is 2.15 bits per heavy atom. The first-order valence-corrected chi connectivity index (χ1v) is 4.21. The van der Waals surface area contributed by atoms with Gasteiger partial charge < -0.3 is 10.4 Å². The van der Waals surface area contributed by atoms with E-state index in [4.69, 9.17) is 5.11 Å². The molecular formula is C9H15N3O. The highest BCUT2D eigenvalue weighted by molar-refractivity contribution is 5.37. The third-order valence-corrected chi connectivity index (χ3v) is 1.67. The quantitative estimate of drug-likeness (QED) is 0.729. The summed E-state index contributed by atoms with van der Waals surface area (Å²) in [5.41, 5.74) is 0.562. The molecule has 0 spiro atoms. The molecule has 0 radical (unpaired) electrons. The number of rotatable bonds is 3. The largest absolute Gasteiger partial charge is 0.394 e. The zero-order valence-electron chi connectivity index (χ0n) is 8.20. The number of aliphatic hydroxyl groups excluding tert-OH is 1. The molecule has 0 aliphatic rings. The van der Waals surface area contributed by atoms with Gasteiger partial charge in [0.15, 0.2) is 0 Å². The van der Waals surface area contributed by atoms with E-state index in [0.717, 1.165) is 11.5 Å². The number of anilines is 1. The predicted molar refractivity (Wildman–Crippen MR) is 51.6 cm³/mol. The number of hydrogen-bond donors (Lipinski definition) is 2. The minimum atomic E-state index is -0.346. The van der Waals surface area contributed by atoms with Gasteiger partial charge in [0.2, 0.25) is 0 Å². The Balaban J connectivity index is 2.74. The number of nitrogens with one attached hydrogen (secondary N) is 1. The Hall–Kier alpha value is -1.16. The summed E-state index contributed by atoms with van der Waals surface area (Å²) in [6.45, 7) is 5.78. The van der Waals surface area contributed by atoms with Crippen molar-refractivity contribution >= 4 is 5.82 Å². The molecule has 0 atom stereocenters. The van der Waals surface area contributed by atoms with Crippen molar-refractivity contribution in [3.8, 4) is 0 Å². The molecule has 1 rings (SSSR count). The fraction of sp³-hybridized carbons (Fsp3) is 0.556. The monoisotopic (exact) mass is 181 g/mol. The normalized spacial score (nSPS) is 11.4. The molecule has 0 fully saturated rings. The summed E-state index contributed by atoms with van der Waals surface area (Å²) in [6.07, 6.45) is 1.51. The zero-order chi connectivity index (χ0) is 9.90. The molecule has 4 nitrogen and oxygen atoms in total. The van der Waals surface area contributed by atoms with E-state index in [1.165, 1.54) is 6.33 Å². The van der Waals surface area contributed by atoms with Crippen LogP contribution in [0.3, 0.4) is 0 Å². The molecule has 0 saturated heterocycles. The summed E-state index contributed by atoms with van der Waals surface area (Å²) in [5.74, 6) is 0.742. The van der Waals surface area contributed by atoms with E-state index in [1.807, 2.05) is 26.8 Å². The summed E-state index contributed by atoms with van der Waals surface area (Å²) in [5, 5.41) is 12.1. The maximum Gasteiger partial charge on any atom is 0.130 e. The van der Waals surface area contributed by atoms with Crippen molar-refractivity contribution in [1.29, 1.82) is 0 Å². The fourth-order valence-electron chi connectivity index (χ4n) is 0.909. The Kier molecular flexibility index (Phi) is 2.83. The van der Waals surface area contributed by atoms with E-state index in [1.54, 1.807) is 0 Å². The molecule has 0 saturated carbocycles. The van der Waals surface area contributed by atoms with Gasteiger partial charge in [-0.05, 0) is 20.8 Å². The van der Waals surface area contributed by atoms with Gasteiger partial charge in [-0.25, -0.2) is 9.97 Å². The Morgan fingerprint density at radius 3 is 2.69 bits per heavy atom. The first-order chi connectivity index (χ1) is 6.03. The molecule has 0 amide bonds. The van der Waals surface area contributed by atoms with Crippen LogP contribution in [0, 0.1) is 6.92 Å². The van der Waals surface area contributed by atoms with Crippen molar-refractivity contribution in [3.63, 3.8) is 0 Å². The van der Waals surface area contributed by atoms with E-state index >= 15 is 0 Å². The van der Waals surface area contributed by atoms with Crippen LogP contribution in [0.15, 0.2) is 12.4 Å². The van der Waals surface area contributed by atoms with Gasteiger partial charge in [0.05, 0.1) is 12.1 Å². The molecule has 72 valence electrons. The fourth-order valence-corrected chi connectivity index (χ4v) is 0.909. The highest BCUT2D eigenvalue weighted by Gasteiger charge is 2.15. The van der Waals surface area contributed by atoms with E-state index in [9.17, 15) is 0 Å². The van der Waals surface area contributed by atoms with Crippen LogP contribution in [0.5, 0.6) is 0 Å². The molecule has 0 unspecified atom stereocenters. The third-order valence-electron chi connectivity index (χ3n) is 1.67. The minimum Gasteiger partial charge on any atom is -0.394 e. The lowest BCUT2D eigenvalue weighted by molar-refractivity contribution is 0.234. The van der Waals surface area contributed by atoms with Crippen molar-refractivity contribution < 1.29 is 5.11 Å². The van der Waals surface area contributed by atoms with Gasteiger partial charge in [-0.3, -0.25) is 0 Å². The van der Waals surface area contributed by atoms with E-state index in [-0.39, 0.29) is 12.1 Å². The molecule has 4 heteroatoms. The van der Waals surface area contributed by atoms with Gasteiger partial charge in [-0.1, -0.05) is 0 Å². The average Bonchev–Trinajstić information content (AvgIpc) is 2.03. The van der Waals surface area contributed by atoms with Gasteiger partial charge in [0.1, 0.15) is 12.1 Å². The molecule has 0 aliphatic carbocycles. The van der Waals surface area contributed by atoms with Crippen LogP contribution in [0.4, 0.5) is 5.82 Å². The average molecular weight is 181 g/mol. The molecule has 0 aromatic carbocycles. The molecule has 1 heterocycles. The summed E-state index contributed by atoms with van der Waals surface area (Å²) >= 11 is 0. The maximum atomic E-state index is 9.02. The Labute approximate surface area is 78.0 Å². The van der Waals surface area contributed by atoms with Crippen molar-refractivity contribution in [2.75, 3.05) is 11.9 Å². The lowest BCUT2D eigenvalue weighted by Crippen LogP contribution is -2.35. The van der Waals surface area contributed by atoms with E-state index in [0.29, 0.717) is 0 Å². The molecule has 1 aromatic rings. The number of hydrogen-bond acceptors (Lipinski definition) is 4. The van der Waals surface area contributed by atoms with Crippen molar-refractivity contribution in [1.82, 2.24) is 9.97 Å². The number of aryl methyl sites for hydroxylation is 1. The van der Waals surface area contributed by atoms with Gasteiger partial charge in [-0.2, -0.15) is 0 Å². The summed E-state index contributed by atoms with van der Waals surface area (Å²) in [4.78, 5) is 8.02. The van der Waals surface area contributed by atoms with Crippen LogP contribution in [0.2, 0.25) is 0 Å². The van der Waals surface area contributed by atoms with Crippen LogP contribution < -0.4 is 5.32 Å². The highest BCUT2D eigenvalue weighted by Crippen LogP contribution is 2.11. The molecular weight excluding hydrogens is 166 g/mol. The van der Waals surface area contributed by atoms with E-state index in [2.05, 4.69) is 15.3 Å². The summed E-state index contributed by atoms with van der Waals surface area (Å²) < 4.78 is 0. The number of aromatic nitrogens is 2. The lowest BCUT2D eigenvalue weighted by Gasteiger charge is -2.23. The zero-order valence-corrected chi connectivity index (χ0v) is 8.20. The van der Waals surface area contributed by atoms with Crippen LogP contribution in [-0.4, -0.2) is 27.2 Å². The molecule has 0 bridgehead atoms. The van der Waals surface area contributed by atoms with Crippen molar-refractivity contribution in [2.24, 2.45) is 0 Å². The number of aliphatic hydroxyl groups is 1. The van der Waals surface area contributed by atoms with Gasteiger partial charge in [0.25, 0.3) is 0 Å². The maximum absolute atomic E-state index is 9.02. The highest BCUT2D eigenvalue weighted by atomic mass is 16.3. The third kappa shape index (κ3) is 2.99. The Morgan fingerprint density at radius 1 is 1.46 bits per heavy atom. The smallest absolute Gasteiger partial charge is 0.130 e. The molecule has 2 N–H and O–H groups in total. The van der Waals surface area contributed by atoms with Crippen molar-refractivity contribution in [3.05, 3.63) is 18.1 Å². The topological polar surface area (TPSA) is 58.0 Å².